The van der Waals surface area contributed by atoms with Gasteiger partial charge in [0, 0.05) is 23.8 Å². The Bertz CT molecular complexity index is 725. The Morgan fingerprint density at radius 3 is 2.31 bits per heavy atom. The van der Waals surface area contributed by atoms with Crippen molar-refractivity contribution in [3.05, 3.63) is 60.2 Å². The molecule has 1 aliphatic rings. The highest BCUT2D eigenvalue weighted by Crippen LogP contribution is 2.26. The average molecular weight is 382 g/mol. The summed E-state index contributed by atoms with van der Waals surface area (Å²) in [6, 6.07) is 16.6. The molecule has 0 bridgehead atoms. The second-order valence-electron chi connectivity index (χ2n) is 6.34. The summed E-state index contributed by atoms with van der Waals surface area (Å²) >= 11 is 0. The number of nitrogens with one attached hydrogen (secondary N) is 3. The Hall–Kier alpha value is -2.18. The second kappa shape index (κ2) is 8.47. The van der Waals surface area contributed by atoms with Crippen LogP contribution in [0.1, 0.15) is 24.9 Å². The van der Waals surface area contributed by atoms with Gasteiger partial charge in [-0.1, -0.05) is 30.3 Å². The van der Waals surface area contributed by atoms with Crippen LogP contribution in [0.5, 0.6) is 0 Å². The molecule has 1 heterocycles. The minimum absolute atomic E-state index is 0. The van der Waals surface area contributed by atoms with Gasteiger partial charge in [-0.05, 0) is 36.8 Å². The number of alkyl halides is 2. The van der Waals surface area contributed by atoms with Crippen LogP contribution in [0.15, 0.2) is 54.6 Å². The maximum Gasteiger partial charge on any atom is 0.262 e. The Kier molecular flexibility index (Phi) is 6.56. The van der Waals surface area contributed by atoms with E-state index in [1.807, 2.05) is 30.3 Å². The number of amides is 1. The zero-order valence-corrected chi connectivity index (χ0v) is 15.2. The second-order valence-corrected chi connectivity index (χ2v) is 6.34. The number of anilines is 2. The molecule has 1 amide bonds. The van der Waals surface area contributed by atoms with Crippen LogP contribution in [0.3, 0.4) is 0 Å². The van der Waals surface area contributed by atoms with Crippen molar-refractivity contribution >= 4 is 29.7 Å². The van der Waals surface area contributed by atoms with Gasteiger partial charge in [0.05, 0.1) is 12.6 Å². The summed E-state index contributed by atoms with van der Waals surface area (Å²) in [6.45, 7) is 1.61. The van der Waals surface area contributed by atoms with Gasteiger partial charge in [-0.3, -0.25) is 10.1 Å². The Balaban J connectivity index is 0.00000243. The van der Waals surface area contributed by atoms with E-state index in [1.54, 1.807) is 12.1 Å². The average Bonchev–Trinajstić information content (AvgIpc) is 2.97. The molecule has 0 saturated carbocycles. The normalized spacial score (nSPS) is 19.3. The monoisotopic (exact) mass is 381 g/mol. The van der Waals surface area contributed by atoms with Crippen molar-refractivity contribution in [1.82, 2.24) is 5.32 Å². The molecule has 0 aliphatic carbocycles. The number of benzene rings is 2. The van der Waals surface area contributed by atoms with Gasteiger partial charge in [0.2, 0.25) is 5.91 Å². The third kappa shape index (κ3) is 5.16. The van der Waals surface area contributed by atoms with Crippen LogP contribution >= 0.6 is 12.4 Å². The van der Waals surface area contributed by atoms with Crippen LogP contribution in [-0.4, -0.2) is 24.4 Å². The first-order valence-corrected chi connectivity index (χ1v) is 8.27. The largest absolute Gasteiger partial charge is 0.379 e. The van der Waals surface area contributed by atoms with Crippen LogP contribution < -0.4 is 16.0 Å². The van der Waals surface area contributed by atoms with Crippen molar-refractivity contribution in [2.24, 2.45) is 0 Å². The molecule has 2 aromatic carbocycles. The maximum absolute atomic E-state index is 13.2. The number of hydrogen-bond donors (Lipinski definition) is 3. The molecular weight excluding hydrogens is 360 g/mol. The molecule has 7 heteroatoms. The number of halogens is 3. The number of carbonyl (C=O) groups excluding carboxylic acids is 1. The number of hydrogen-bond acceptors (Lipinski definition) is 3. The van der Waals surface area contributed by atoms with E-state index in [4.69, 9.17) is 0 Å². The highest BCUT2D eigenvalue weighted by molar-refractivity contribution is 5.95. The van der Waals surface area contributed by atoms with Gasteiger partial charge in [0.25, 0.3) is 5.92 Å². The molecule has 3 N–H and O–H groups in total. The highest BCUT2D eigenvalue weighted by atomic mass is 35.5. The van der Waals surface area contributed by atoms with Crippen LogP contribution in [-0.2, 0) is 4.79 Å². The van der Waals surface area contributed by atoms with Gasteiger partial charge in [-0.15, -0.1) is 12.4 Å². The Morgan fingerprint density at radius 2 is 1.73 bits per heavy atom. The van der Waals surface area contributed by atoms with Crippen molar-refractivity contribution in [1.29, 1.82) is 0 Å². The summed E-state index contributed by atoms with van der Waals surface area (Å²) < 4.78 is 26.3. The van der Waals surface area contributed by atoms with Gasteiger partial charge in [0.15, 0.2) is 0 Å². The third-order valence-electron chi connectivity index (χ3n) is 4.26. The summed E-state index contributed by atoms with van der Waals surface area (Å²) in [5, 5.41) is 8.60. The molecule has 0 spiro atoms. The fourth-order valence-electron chi connectivity index (χ4n) is 2.86. The van der Waals surface area contributed by atoms with Crippen LogP contribution in [0.4, 0.5) is 20.2 Å². The molecule has 1 saturated heterocycles. The lowest BCUT2D eigenvalue weighted by Gasteiger charge is -2.16. The van der Waals surface area contributed by atoms with E-state index in [1.165, 1.54) is 5.56 Å². The van der Waals surface area contributed by atoms with Gasteiger partial charge >= 0.3 is 0 Å². The molecule has 4 nitrogen and oxygen atoms in total. The standard InChI is InChI=1S/C19H21F2N3O.ClH/c1-13(14-5-3-2-4-6-14)23-15-7-9-16(10-8-15)24-18(25)17-11-19(20,21)12-22-17;/h2-10,13,17,22-23H,11-12H2,1H3,(H,24,25);1H. The lowest BCUT2D eigenvalue weighted by Crippen LogP contribution is -2.35. The third-order valence-corrected chi connectivity index (χ3v) is 4.26. The highest BCUT2D eigenvalue weighted by Gasteiger charge is 2.42. The fraction of sp³-hybridized carbons (Fsp3) is 0.316. The van der Waals surface area contributed by atoms with E-state index in [0.717, 1.165) is 5.69 Å². The first kappa shape index (κ1) is 20.1. The van der Waals surface area contributed by atoms with E-state index in [2.05, 4.69) is 35.0 Å². The smallest absolute Gasteiger partial charge is 0.262 e. The molecule has 2 aromatic rings. The lowest BCUT2D eigenvalue weighted by molar-refractivity contribution is -0.118. The van der Waals surface area contributed by atoms with Gasteiger partial charge in [-0.25, -0.2) is 8.78 Å². The van der Waals surface area contributed by atoms with Crippen LogP contribution in [0.2, 0.25) is 0 Å². The zero-order chi connectivity index (χ0) is 17.9. The number of carbonyl (C=O) groups is 1. The van der Waals surface area contributed by atoms with Crippen molar-refractivity contribution < 1.29 is 13.6 Å². The molecule has 0 radical (unpaired) electrons. The minimum Gasteiger partial charge on any atom is -0.379 e. The summed E-state index contributed by atoms with van der Waals surface area (Å²) in [5.74, 6) is -3.25. The molecule has 1 aliphatic heterocycles. The number of rotatable bonds is 5. The molecule has 2 unspecified atom stereocenters. The predicted molar refractivity (Wildman–Crippen MR) is 102 cm³/mol. The van der Waals surface area contributed by atoms with E-state index >= 15 is 0 Å². The predicted octanol–water partition coefficient (Wildman–Crippen LogP) is 4.22. The van der Waals surface area contributed by atoms with Crippen molar-refractivity contribution in [3.63, 3.8) is 0 Å². The minimum atomic E-state index is -2.82. The summed E-state index contributed by atoms with van der Waals surface area (Å²) in [5.41, 5.74) is 2.67. The van der Waals surface area contributed by atoms with E-state index in [9.17, 15) is 13.6 Å². The zero-order valence-electron chi connectivity index (χ0n) is 14.3. The first-order valence-electron chi connectivity index (χ1n) is 8.27. The van der Waals surface area contributed by atoms with Gasteiger partial charge < -0.3 is 10.6 Å². The molecular formula is C19H22ClF2N3O. The molecule has 2 atom stereocenters. The van der Waals surface area contributed by atoms with Crippen molar-refractivity contribution in [2.45, 2.75) is 31.4 Å². The van der Waals surface area contributed by atoms with Crippen molar-refractivity contribution in [2.75, 3.05) is 17.2 Å². The van der Waals surface area contributed by atoms with Crippen molar-refractivity contribution in [3.8, 4) is 0 Å². The Labute approximate surface area is 157 Å². The first-order chi connectivity index (χ1) is 11.9. The van der Waals surface area contributed by atoms with Crippen LogP contribution in [0, 0.1) is 0 Å². The summed E-state index contributed by atoms with van der Waals surface area (Å²) in [7, 11) is 0. The quantitative estimate of drug-likeness (QED) is 0.727. The fourth-order valence-corrected chi connectivity index (χ4v) is 2.86. The summed E-state index contributed by atoms with van der Waals surface area (Å²) in [6.07, 6.45) is -0.465. The maximum atomic E-state index is 13.2. The topological polar surface area (TPSA) is 53.2 Å². The van der Waals surface area contributed by atoms with Gasteiger partial charge in [0.1, 0.15) is 0 Å². The molecule has 26 heavy (non-hydrogen) atoms. The summed E-state index contributed by atoms with van der Waals surface area (Å²) in [4.78, 5) is 12.0. The van der Waals surface area contributed by atoms with E-state index in [0.29, 0.717) is 5.69 Å². The van der Waals surface area contributed by atoms with Gasteiger partial charge in [-0.2, -0.15) is 0 Å². The Morgan fingerprint density at radius 1 is 1.12 bits per heavy atom. The van der Waals surface area contributed by atoms with E-state index in [-0.39, 0.29) is 18.4 Å². The lowest BCUT2D eigenvalue weighted by atomic mass is 10.1. The molecule has 1 fully saturated rings. The van der Waals surface area contributed by atoms with Crippen LogP contribution in [0.25, 0.3) is 0 Å². The van der Waals surface area contributed by atoms with E-state index < -0.39 is 30.8 Å². The molecule has 140 valence electrons. The SMILES string of the molecule is CC(Nc1ccc(NC(=O)C2CC(F)(F)CN2)cc1)c1ccccc1.Cl. The molecule has 3 rings (SSSR count). The molecule has 0 aromatic heterocycles.